The second-order valence-electron chi connectivity index (χ2n) is 9.87. The van der Waals surface area contributed by atoms with Gasteiger partial charge in [-0.05, 0) is 36.2 Å². The summed E-state index contributed by atoms with van der Waals surface area (Å²) in [6.07, 6.45) is -0.751. The minimum atomic E-state index is -1.28. The number of methoxy groups -OCH3 is 1. The molecule has 0 spiro atoms. The summed E-state index contributed by atoms with van der Waals surface area (Å²) in [6.45, 7) is 1.69. The van der Waals surface area contributed by atoms with E-state index in [4.69, 9.17) is 9.26 Å². The van der Waals surface area contributed by atoms with Crippen LogP contribution in [0.25, 0.3) is 11.5 Å². The van der Waals surface area contributed by atoms with Crippen LogP contribution in [0, 0.1) is 6.92 Å². The first-order chi connectivity index (χ1) is 21.2. The smallest absolute Gasteiger partial charge is 0.305 e. The summed E-state index contributed by atoms with van der Waals surface area (Å²) in [7, 11) is 1.48. The topological polar surface area (TPSA) is 161 Å². The first-order valence-corrected chi connectivity index (χ1v) is 14.9. The predicted octanol–water partition coefficient (Wildman–Crippen LogP) is 3.92. The van der Waals surface area contributed by atoms with Gasteiger partial charge in [0.15, 0.2) is 11.6 Å². The quantitative estimate of drug-likeness (QED) is 0.179. The Kier molecular flexibility index (Phi) is 11.2. The summed E-state index contributed by atoms with van der Waals surface area (Å²) in [5.41, 5.74) is 2.58. The molecule has 12 heteroatoms. The number of carboxylic acids is 1. The molecular formula is C32H32N4O7S. The van der Waals surface area contributed by atoms with Crippen molar-refractivity contribution in [2.45, 2.75) is 37.6 Å². The van der Waals surface area contributed by atoms with Crippen LogP contribution in [-0.4, -0.2) is 57.7 Å². The number of aromatic nitrogens is 2. The average molecular weight is 617 g/mol. The van der Waals surface area contributed by atoms with Crippen LogP contribution < -0.4 is 15.4 Å². The molecule has 2 amide bonds. The number of ketones is 1. The number of carboxylic acid groups (broad SMARTS) is 1. The molecule has 0 bridgehead atoms. The third-order valence-electron chi connectivity index (χ3n) is 6.55. The molecule has 1 heterocycles. The maximum Gasteiger partial charge on any atom is 0.305 e. The zero-order chi connectivity index (χ0) is 31.5. The number of ether oxygens (including phenoxy) is 1. The van der Waals surface area contributed by atoms with Crippen molar-refractivity contribution >= 4 is 35.3 Å². The summed E-state index contributed by atoms with van der Waals surface area (Å²) < 4.78 is 10.7. The van der Waals surface area contributed by atoms with E-state index in [1.54, 1.807) is 55.5 Å². The molecule has 228 valence electrons. The number of thioether (sulfide) groups is 1. The van der Waals surface area contributed by atoms with E-state index in [0.717, 1.165) is 5.56 Å². The lowest BCUT2D eigenvalue weighted by molar-refractivity contribution is -0.140. The second kappa shape index (κ2) is 15.5. The Balaban J connectivity index is 1.49. The zero-order valence-corrected chi connectivity index (χ0v) is 25.0. The van der Waals surface area contributed by atoms with Crippen LogP contribution in [0.15, 0.2) is 83.4 Å². The number of nitrogens with one attached hydrogen (secondary N) is 2. The third-order valence-corrected chi connectivity index (χ3v) is 7.57. The van der Waals surface area contributed by atoms with E-state index in [0.29, 0.717) is 34.0 Å². The number of hydrogen-bond acceptors (Lipinski definition) is 9. The van der Waals surface area contributed by atoms with E-state index in [1.807, 2.05) is 30.3 Å². The van der Waals surface area contributed by atoms with E-state index in [2.05, 4.69) is 20.8 Å². The van der Waals surface area contributed by atoms with Crippen LogP contribution in [0.5, 0.6) is 5.75 Å². The molecule has 0 aliphatic rings. The van der Waals surface area contributed by atoms with Crippen molar-refractivity contribution in [3.63, 3.8) is 0 Å². The SMILES string of the molecule is COc1ccc(-c2nc(C)no2)cc1CC(=O)NC(C(=O)NC(CC(=O)O)C(=O)CSCc1ccccc1)c1ccccc1. The molecular weight excluding hydrogens is 584 g/mol. The van der Waals surface area contributed by atoms with Gasteiger partial charge in [0.2, 0.25) is 11.8 Å². The van der Waals surface area contributed by atoms with Gasteiger partial charge in [-0.25, -0.2) is 0 Å². The Morgan fingerprint density at radius 1 is 0.977 bits per heavy atom. The highest BCUT2D eigenvalue weighted by atomic mass is 32.2. The van der Waals surface area contributed by atoms with Gasteiger partial charge < -0.3 is 25.0 Å². The minimum absolute atomic E-state index is 0.00515. The molecule has 2 atom stereocenters. The fourth-order valence-corrected chi connectivity index (χ4v) is 5.35. The molecule has 0 radical (unpaired) electrons. The van der Waals surface area contributed by atoms with Gasteiger partial charge in [0.05, 0.1) is 31.7 Å². The average Bonchev–Trinajstić information content (AvgIpc) is 3.46. The van der Waals surface area contributed by atoms with Crippen LogP contribution in [0.3, 0.4) is 0 Å². The molecule has 3 aromatic carbocycles. The van der Waals surface area contributed by atoms with E-state index in [9.17, 15) is 24.3 Å². The lowest BCUT2D eigenvalue weighted by Crippen LogP contribution is -2.48. The third kappa shape index (κ3) is 9.01. The summed E-state index contributed by atoms with van der Waals surface area (Å²) >= 11 is 1.33. The van der Waals surface area contributed by atoms with Gasteiger partial charge in [-0.3, -0.25) is 19.2 Å². The fourth-order valence-electron chi connectivity index (χ4n) is 4.41. The number of rotatable bonds is 15. The maximum atomic E-state index is 13.6. The normalized spacial score (nSPS) is 12.1. The van der Waals surface area contributed by atoms with Crippen LogP contribution >= 0.6 is 11.8 Å². The summed E-state index contributed by atoms with van der Waals surface area (Å²) in [6, 6.07) is 20.7. The van der Waals surface area contributed by atoms with Gasteiger partial charge in [0, 0.05) is 16.9 Å². The number of carbonyl (C=O) groups excluding carboxylic acids is 3. The summed E-state index contributed by atoms with van der Waals surface area (Å²) in [5.74, 6) is -1.14. The molecule has 4 rings (SSSR count). The number of benzene rings is 3. The first kappa shape index (κ1) is 32.0. The van der Waals surface area contributed by atoms with Crippen molar-refractivity contribution in [3.8, 4) is 17.2 Å². The van der Waals surface area contributed by atoms with Gasteiger partial charge in [-0.2, -0.15) is 4.98 Å². The highest BCUT2D eigenvalue weighted by Crippen LogP contribution is 2.26. The summed E-state index contributed by atoms with van der Waals surface area (Å²) in [5, 5.41) is 18.6. The maximum absolute atomic E-state index is 13.6. The van der Waals surface area contributed by atoms with E-state index >= 15 is 0 Å². The molecule has 0 aliphatic carbocycles. The number of Topliss-reactive ketones (excluding diaryl/α,β-unsaturated/α-hetero) is 1. The molecule has 3 N–H and O–H groups in total. The van der Waals surface area contributed by atoms with E-state index in [1.165, 1.54) is 18.9 Å². The molecule has 0 saturated carbocycles. The number of hydrogen-bond donors (Lipinski definition) is 3. The fraction of sp³-hybridized carbons (Fsp3) is 0.250. The van der Waals surface area contributed by atoms with Gasteiger partial charge in [-0.15, -0.1) is 11.8 Å². The molecule has 11 nitrogen and oxygen atoms in total. The molecule has 44 heavy (non-hydrogen) atoms. The van der Waals surface area contributed by atoms with Gasteiger partial charge in [-0.1, -0.05) is 65.8 Å². The molecule has 0 saturated heterocycles. The molecule has 4 aromatic rings. The lowest BCUT2D eigenvalue weighted by Gasteiger charge is -2.23. The minimum Gasteiger partial charge on any atom is -0.496 e. The molecule has 1 aromatic heterocycles. The number of aryl methyl sites for hydroxylation is 1. The van der Waals surface area contributed by atoms with Gasteiger partial charge >= 0.3 is 5.97 Å². The zero-order valence-electron chi connectivity index (χ0n) is 24.2. The number of aliphatic carboxylic acids is 1. The van der Waals surface area contributed by atoms with Crippen molar-refractivity contribution in [1.29, 1.82) is 0 Å². The molecule has 0 aliphatic heterocycles. The Bertz CT molecular complexity index is 1590. The Hall–Kier alpha value is -4.97. The summed E-state index contributed by atoms with van der Waals surface area (Å²) in [4.78, 5) is 55.7. The van der Waals surface area contributed by atoms with Gasteiger partial charge in [0.25, 0.3) is 5.89 Å². The highest BCUT2D eigenvalue weighted by Gasteiger charge is 2.29. The van der Waals surface area contributed by atoms with Crippen molar-refractivity contribution < 1.29 is 33.5 Å². The largest absolute Gasteiger partial charge is 0.496 e. The van der Waals surface area contributed by atoms with Crippen LogP contribution in [0.4, 0.5) is 0 Å². The Morgan fingerprint density at radius 3 is 2.32 bits per heavy atom. The monoisotopic (exact) mass is 616 g/mol. The molecule has 0 fully saturated rings. The van der Waals surface area contributed by atoms with Crippen molar-refractivity contribution in [2.75, 3.05) is 12.9 Å². The Labute approximate surface area is 258 Å². The Morgan fingerprint density at radius 2 is 1.68 bits per heavy atom. The van der Waals surface area contributed by atoms with Crippen molar-refractivity contribution in [2.24, 2.45) is 0 Å². The van der Waals surface area contributed by atoms with Crippen LogP contribution in [-0.2, 0) is 31.4 Å². The van der Waals surface area contributed by atoms with Crippen LogP contribution in [0.1, 0.15) is 35.0 Å². The number of nitrogens with zero attached hydrogens (tertiary/aromatic N) is 2. The van der Waals surface area contributed by atoms with E-state index < -0.39 is 42.1 Å². The van der Waals surface area contributed by atoms with Crippen molar-refractivity contribution in [1.82, 2.24) is 20.8 Å². The predicted molar refractivity (Wildman–Crippen MR) is 164 cm³/mol. The van der Waals surface area contributed by atoms with Gasteiger partial charge in [0.1, 0.15) is 11.8 Å². The lowest BCUT2D eigenvalue weighted by atomic mass is 10.0. The van der Waals surface area contributed by atoms with E-state index in [-0.39, 0.29) is 18.1 Å². The van der Waals surface area contributed by atoms with Crippen molar-refractivity contribution in [3.05, 3.63) is 101 Å². The number of amides is 2. The first-order valence-electron chi connectivity index (χ1n) is 13.7. The highest BCUT2D eigenvalue weighted by molar-refractivity contribution is 7.99. The molecule has 2 unspecified atom stereocenters. The second-order valence-corrected chi connectivity index (χ2v) is 10.9. The number of carbonyl (C=O) groups is 4. The standard InChI is InChI=1S/C32H32N4O7S/c1-20-33-32(43-36-20)23-13-14-27(42-2)24(15-23)16-28(38)35-30(22-11-7-4-8-12-22)31(41)34-25(17-29(39)40)26(37)19-44-18-21-9-5-3-6-10-21/h3-15,25,30H,16-19H2,1-2H3,(H,34,41)(H,35,38)(H,39,40). The van der Waals surface area contributed by atoms with Crippen LogP contribution in [0.2, 0.25) is 0 Å².